The van der Waals surface area contributed by atoms with Crippen molar-refractivity contribution in [3.63, 3.8) is 0 Å². The average Bonchev–Trinajstić information content (AvgIpc) is 2.80. The summed E-state index contributed by atoms with van der Waals surface area (Å²) >= 11 is 0. The SMILES string of the molecule is CC(O)CNC(=O)C1CCCN(C(=O)c2ccc(NC(=O)NC34CC5C[C@@](C)(C3)C[C@](C)(C5)C4)c(F)c2)C1. The molecule has 4 unspecified atom stereocenters. The minimum absolute atomic E-state index is 0.0372. The summed E-state index contributed by atoms with van der Waals surface area (Å²) in [5.74, 6) is -0.943. The van der Waals surface area contributed by atoms with E-state index in [1.165, 1.54) is 31.4 Å². The quantitative estimate of drug-likeness (QED) is 0.447. The fourth-order valence-corrected chi connectivity index (χ4v) is 8.68. The lowest BCUT2D eigenvalue weighted by molar-refractivity contribution is -0.126. The zero-order valence-electron chi connectivity index (χ0n) is 22.7. The van der Waals surface area contributed by atoms with Gasteiger partial charge in [0.2, 0.25) is 5.91 Å². The zero-order valence-corrected chi connectivity index (χ0v) is 22.7. The van der Waals surface area contributed by atoms with Crippen molar-refractivity contribution in [1.29, 1.82) is 0 Å². The topological polar surface area (TPSA) is 111 Å². The van der Waals surface area contributed by atoms with Gasteiger partial charge >= 0.3 is 6.03 Å². The molecule has 4 aliphatic carbocycles. The second-order valence-electron chi connectivity index (χ2n) is 13.4. The van der Waals surface area contributed by atoms with Gasteiger partial charge < -0.3 is 26.0 Å². The predicted octanol–water partition coefficient (Wildman–Crippen LogP) is 4.05. The van der Waals surface area contributed by atoms with Crippen LogP contribution >= 0.6 is 0 Å². The van der Waals surface area contributed by atoms with Gasteiger partial charge in [0.1, 0.15) is 5.82 Å². The number of nitrogens with one attached hydrogen (secondary N) is 3. The van der Waals surface area contributed by atoms with Gasteiger partial charge in [-0.25, -0.2) is 9.18 Å². The number of nitrogens with zero attached hydrogens (tertiary/aromatic N) is 1. The Morgan fingerprint density at radius 3 is 2.47 bits per heavy atom. The lowest BCUT2D eigenvalue weighted by Crippen LogP contribution is -2.65. The molecule has 6 atom stereocenters. The van der Waals surface area contributed by atoms with Gasteiger partial charge in [-0.05, 0) is 93.2 Å². The van der Waals surface area contributed by atoms with Crippen LogP contribution in [0.15, 0.2) is 18.2 Å². The number of anilines is 1. The summed E-state index contributed by atoms with van der Waals surface area (Å²) in [6.07, 6.45) is 7.24. The van der Waals surface area contributed by atoms with Gasteiger partial charge in [0, 0.05) is 30.7 Å². The van der Waals surface area contributed by atoms with E-state index in [1.807, 2.05) is 0 Å². The molecular weight excluding hydrogens is 487 g/mol. The Hall–Kier alpha value is -2.68. The highest BCUT2D eigenvalue weighted by Crippen LogP contribution is 2.66. The maximum Gasteiger partial charge on any atom is 0.319 e. The number of carbonyl (C=O) groups excluding carboxylic acids is 3. The van der Waals surface area contributed by atoms with Gasteiger partial charge in [0.05, 0.1) is 17.7 Å². The maximum absolute atomic E-state index is 15.0. The number of hydrogen-bond acceptors (Lipinski definition) is 4. The summed E-state index contributed by atoms with van der Waals surface area (Å²) in [5, 5.41) is 18.0. The molecule has 1 aromatic rings. The van der Waals surface area contributed by atoms with Crippen LogP contribution in [0, 0.1) is 28.5 Å². The Labute approximate surface area is 224 Å². The third-order valence-corrected chi connectivity index (χ3v) is 9.12. The molecule has 1 aromatic carbocycles. The van der Waals surface area contributed by atoms with Gasteiger partial charge in [0.15, 0.2) is 0 Å². The third-order valence-electron chi connectivity index (χ3n) is 9.12. The van der Waals surface area contributed by atoms with Gasteiger partial charge in [0.25, 0.3) is 5.91 Å². The number of aliphatic hydroxyl groups excluding tert-OH is 1. The first kappa shape index (κ1) is 26.9. The molecule has 38 heavy (non-hydrogen) atoms. The number of urea groups is 1. The molecule has 0 spiro atoms. The highest BCUT2D eigenvalue weighted by atomic mass is 19.1. The summed E-state index contributed by atoms with van der Waals surface area (Å²) < 4.78 is 15.0. The number of carbonyl (C=O) groups is 3. The van der Waals surface area contributed by atoms with Crippen molar-refractivity contribution >= 4 is 23.5 Å². The van der Waals surface area contributed by atoms with Gasteiger partial charge in [-0.1, -0.05) is 13.8 Å². The fourth-order valence-electron chi connectivity index (χ4n) is 8.68. The van der Waals surface area contributed by atoms with Crippen LogP contribution in [-0.2, 0) is 4.79 Å². The predicted molar refractivity (Wildman–Crippen MR) is 142 cm³/mol. The zero-order chi connectivity index (χ0) is 27.3. The van der Waals surface area contributed by atoms with E-state index in [-0.39, 0.29) is 58.4 Å². The van der Waals surface area contributed by atoms with E-state index < -0.39 is 18.0 Å². The molecule has 208 valence electrons. The Bertz CT molecular complexity index is 1110. The van der Waals surface area contributed by atoms with Crippen molar-refractivity contribution in [2.24, 2.45) is 22.7 Å². The molecule has 5 aliphatic rings. The van der Waals surface area contributed by atoms with Crippen LogP contribution in [0.1, 0.15) is 82.5 Å². The fraction of sp³-hybridized carbons (Fsp3) is 0.690. The molecule has 0 aromatic heterocycles. The highest BCUT2D eigenvalue weighted by Gasteiger charge is 2.60. The van der Waals surface area contributed by atoms with Crippen molar-refractivity contribution in [3.05, 3.63) is 29.6 Å². The summed E-state index contributed by atoms with van der Waals surface area (Å²) in [4.78, 5) is 40.1. The molecule has 1 saturated heterocycles. The lowest BCUT2D eigenvalue weighted by atomic mass is 9.43. The van der Waals surface area contributed by atoms with Gasteiger partial charge in [-0.15, -0.1) is 0 Å². The van der Waals surface area contributed by atoms with Crippen molar-refractivity contribution in [3.8, 4) is 0 Å². The summed E-state index contributed by atoms with van der Waals surface area (Å²) in [7, 11) is 0. The Kier molecular flexibility index (Phi) is 6.95. The lowest BCUT2D eigenvalue weighted by Gasteiger charge is -2.65. The maximum atomic E-state index is 15.0. The number of aliphatic hydroxyl groups is 1. The van der Waals surface area contributed by atoms with Crippen molar-refractivity contribution in [2.45, 2.75) is 83.8 Å². The molecule has 4 amide bonds. The standard InChI is InChI=1S/C29H41FN4O4/c1-18(35)13-31-24(36)21-5-4-8-34(14-21)25(37)20-6-7-23(22(30)9-20)32-26(38)33-29-12-19-10-27(2,16-29)15-28(3,11-19)17-29/h6-7,9,18-19,21,35H,4-5,8,10-17H2,1-3H3,(H,31,36)(H2,32,33,38)/t18?,19?,21?,27-,28+,29?. The van der Waals surface area contributed by atoms with Crippen LogP contribution in [0.4, 0.5) is 14.9 Å². The molecule has 0 radical (unpaired) electrons. The molecule has 4 saturated carbocycles. The van der Waals surface area contributed by atoms with E-state index in [2.05, 4.69) is 29.8 Å². The van der Waals surface area contributed by atoms with Crippen LogP contribution in [0.2, 0.25) is 0 Å². The molecule has 9 heteroatoms. The van der Waals surface area contributed by atoms with E-state index in [4.69, 9.17) is 0 Å². The normalized spacial score (nSPS) is 34.5. The number of halogens is 1. The minimum atomic E-state index is -0.668. The van der Waals surface area contributed by atoms with Crippen molar-refractivity contribution in [1.82, 2.24) is 15.5 Å². The van der Waals surface area contributed by atoms with Crippen molar-refractivity contribution in [2.75, 3.05) is 25.0 Å². The Morgan fingerprint density at radius 1 is 1.13 bits per heavy atom. The molecular formula is C29H41FN4O4. The summed E-state index contributed by atoms with van der Waals surface area (Å²) in [5.41, 5.74) is 0.474. The first-order valence-corrected chi connectivity index (χ1v) is 14.0. The molecule has 1 aliphatic heterocycles. The van der Waals surface area contributed by atoms with Crippen molar-refractivity contribution < 1.29 is 23.9 Å². The molecule has 8 nitrogen and oxygen atoms in total. The second kappa shape index (κ2) is 9.81. The van der Waals surface area contributed by atoms with E-state index in [9.17, 15) is 19.5 Å². The van der Waals surface area contributed by atoms with Gasteiger partial charge in [-0.2, -0.15) is 0 Å². The number of rotatable bonds is 6. The van der Waals surface area contributed by atoms with E-state index in [1.54, 1.807) is 11.8 Å². The number of amides is 4. The molecule has 1 heterocycles. The first-order chi connectivity index (χ1) is 17.9. The number of hydrogen-bond donors (Lipinski definition) is 4. The Balaban J connectivity index is 1.20. The third kappa shape index (κ3) is 5.53. The molecule has 4 bridgehead atoms. The average molecular weight is 529 g/mol. The second-order valence-corrected chi connectivity index (χ2v) is 13.4. The molecule has 4 N–H and O–H groups in total. The minimum Gasteiger partial charge on any atom is -0.392 e. The van der Waals surface area contributed by atoms with E-state index in [0.717, 1.165) is 25.3 Å². The molecule has 6 rings (SSSR count). The van der Waals surface area contributed by atoms with Crippen LogP contribution in [0.3, 0.4) is 0 Å². The summed E-state index contributed by atoms with van der Waals surface area (Å²) in [6, 6.07) is 3.70. The number of piperidine rings is 1. The number of benzene rings is 1. The first-order valence-electron chi connectivity index (χ1n) is 14.0. The van der Waals surface area contributed by atoms with E-state index in [0.29, 0.717) is 25.3 Å². The van der Waals surface area contributed by atoms with Crippen LogP contribution in [0.5, 0.6) is 0 Å². The van der Waals surface area contributed by atoms with Crippen LogP contribution in [0.25, 0.3) is 0 Å². The monoisotopic (exact) mass is 528 g/mol. The van der Waals surface area contributed by atoms with Crippen LogP contribution in [-0.4, -0.2) is 59.1 Å². The van der Waals surface area contributed by atoms with E-state index >= 15 is 4.39 Å². The highest BCUT2D eigenvalue weighted by molar-refractivity contribution is 5.96. The van der Waals surface area contributed by atoms with Crippen LogP contribution < -0.4 is 16.0 Å². The summed E-state index contributed by atoms with van der Waals surface area (Å²) in [6.45, 7) is 7.17. The largest absolute Gasteiger partial charge is 0.392 e. The number of likely N-dealkylation sites (tertiary alicyclic amines) is 1. The Morgan fingerprint density at radius 2 is 1.84 bits per heavy atom. The molecule has 5 fully saturated rings. The van der Waals surface area contributed by atoms with Gasteiger partial charge in [-0.3, -0.25) is 9.59 Å². The smallest absolute Gasteiger partial charge is 0.319 e.